The molecule has 2 rings (SSSR count). The van der Waals surface area contributed by atoms with E-state index in [4.69, 9.17) is 10.5 Å². The van der Waals surface area contributed by atoms with Gasteiger partial charge in [0.05, 0.1) is 24.1 Å². The molecule has 0 aromatic carbocycles. The molecule has 20 heavy (non-hydrogen) atoms. The Kier molecular flexibility index (Phi) is 4.07. The van der Waals surface area contributed by atoms with E-state index in [1.54, 1.807) is 18.9 Å². The zero-order valence-electron chi connectivity index (χ0n) is 11.5. The number of nitrogens with two attached hydrogens (primary N) is 1. The molecule has 3 N–H and O–H groups in total. The maximum Gasteiger partial charge on any atom is 0.340 e. The number of anilines is 2. The lowest BCUT2D eigenvalue weighted by molar-refractivity contribution is -0.127. The summed E-state index contributed by atoms with van der Waals surface area (Å²) in [7, 11) is 1.75. The van der Waals surface area contributed by atoms with Crippen molar-refractivity contribution in [3.63, 3.8) is 0 Å². The second kappa shape index (κ2) is 5.77. The van der Waals surface area contributed by atoms with E-state index in [1.807, 2.05) is 0 Å². The summed E-state index contributed by atoms with van der Waals surface area (Å²) in [5.41, 5.74) is 6.22. The minimum absolute atomic E-state index is 0.0151. The van der Waals surface area contributed by atoms with Crippen LogP contribution in [0.15, 0.2) is 12.3 Å². The molecule has 1 saturated heterocycles. The van der Waals surface area contributed by atoms with E-state index < -0.39 is 5.97 Å². The molecule has 0 radical (unpaired) electrons. The van der Waals surface area contributed by atoms with Crippen LogP contribution in [0.25, 0.3) is 0 Å². The highest BCUT2D eigenvalue weighted by molar-refractivity contribution is 5.96. The fourth-order valence-corrected chi connectivity index (χ4v) is 2.07. The molecule has 1 amide bonds. The molecule has 1 atom stereocenters. The summed E-state index contributed by atoms with van der Waals surface area (Å²) in [5.74, 6) is -0.0393. The highest BCUT2D eigenvalue weighted by Gasteiger charge is 2.29. The number of rotatable bonds is 4. The lowest BCUT2D eigenvalue weighted by atomic mass is 10.2. The first-order valence-corrected chi connectivity index (χ1v) is 6.47. The molecule has 1 aromatic rings. The highest BCUT2D eigenvalue weighted by Crippen LogP contribution is 2.19. The fourth-order valence-electron chi connectivity index (χ4n) is 2.07. The predicted molar refractivity (Wildman–Crippen MR) is 74.3 cm³/mol. The Labute approximate surface area is 117 Å². The number of likely N-dealkylation sites (N-methyl/N-ethyl adjacent to an activating group) is 1. The molecule has 0 bridgehead atoms. The minimum Gasteiger partial charge on any atom is -0.462 e. The Morgan fingerprint density at radius 2 is 2.40 bits per heavy atom. The number of likely N-dealkylation sites (tertiary alicyclic amines) is 1. The largest absolute Gasteiger partial charge is 0.462 e. The molecule has 7 nitrogen and oxygen atoms in total. The molecule has 1 unspecified atom stereocenters. The molecular formula is C13H18N4O3. The maximum atomic E-state index is 11.8. The van der Waals surface area contributed by atoms with Gasteiger partial charge in [-0.2, -0.15) is 0 Å². The number of nitrogens with one attached hydrogen (secondary N) is 1. The van der Waals surface area contributed by atoms with Gasteiger partial charge in [0.1, 0.15) is 11.9 Å². The van der Waals surface area contributed by atoms with Gasteiger partial charge in [-0.3, -0.25) is 4.79 Å². The number of nitrogen functional groups attached to an aromatic ring is 1. The molecule has 2 heterocycles. The van der Waals surface area contributed by atoms with Crippen molar-refractivity contribution in [3.8, 4) is 0 Å². The molecular weight excluding hydrogens is 260 g/mol. The van der Waals surface area contributed by atoms with Crippen LogP contribution in [0, 0.1) is 0 Å². The van der Waals surface area contributed by atoms with Crippen LogP contribution in [-0.2, 0) is 9.53 Å². The van der Waals surface area contributed by atoms with Gasteiger partial charge in [0, 0.05) is 13.6 Å². The second-order valence-electron chi connectivity index (χ2n) is 4.62. The fraction of sp³-hybridized carbons (Fsp3) is 0.462. The number of nitrogens with zero attached hydrogens (tertiary/aromatic N) is 2. The van der Waals surface area contributed by atoms with Gasteiger partial charge in [0.2, 0.25) is 5.91 Å². The zero-order valence-corrected chi connectivity index (χ0v) is 11.5. The number of aromatic nitrogens is 1. The molecule has 0 spiro atoms. The third-order valence-electron chi connectivity index (χ3n) is 3.18. The molecule has 108 valence electrons. The monoisotopic (exact) mass is 278 g/mol. The number of hydrogen-bond donors (Lipinski definition) is 2. The van der Waals surface area contributed by atoms with Crippen molar-refractivity contribution in [1.82, 2.24) is 9.88 Å². The summed E-state index contributed by atoms with van der Waals surface area (Å²) < 4.78 is 4.92. The zero-order chi connectivity index (χ0) is 14.7. The van der Waals surface area contributed by atoms with E-state index in [0.717, 1.165) is 0 Å². The first-order valence-electron chi connectivity index (χ1n) is 6.47. The quantitative estimate of drug-likeness (QED) is 0.778. The first kappa shape index (κ1) is 14.1. The van der Waals surface area contributed by atoms with Gasteiger partial charge < -0.3 is 20.7 Å². The summed E-state index contributed by atoms with van der Waals surface area (Å²) in [6.45, 7) is 2.70. The summed E-state index contributed by atoms with van der Waals surface area (Å²) >= 11 is 0. The third kappa shape index (κ3) is 2.81. The Bertz CT molecular complexity index is 532. The summed E-state index contributed by atoms with van der Waals surface area (Å²) in [5, 5.41) is 3.02. The maximum absolute atomic E-state index is 11.8. The Balaban J connectivity index is 2.15. The predicted octanol–water partition coefficient (Wildman–Crippen LogP) is 0.483. The molecule has 1 aromatic heterocycles. The minimum atomic E-state index is -0.495. The van der Waals surface area contributed by atoms with E-state index in [2.05, 4.69) is 10.3 Å². The lowest BCUT2D eigenvalue weighted by Crippen LogP contribution is -2.31. The number of carbonyl (C=O) groups excluding carboxylic acids is 2. The Morgan fingerprint density at radius 1 is 1.65 bits per heavy atom. The SMILES string of the molecule is CCOC(=O)c1cc(NC2CCN(C)C2=O)ncc1N. The summed E-state index contributed by atoms with van der Waals surface area (Å²) in [6.07, 6.45) is 2.09. The van der Waals surface area contributed by atoms with Crippen LogP contribution >= 0.6 is 0 Å². The molecule has 1 aliphatic rings. The van der Waals surface area contributed by atoms with Crippen molar-refractivity contribution < 1.29 is 14.3 Å². The van der Waals surface area contributed by atoms with Crippen LogP contribution in [0.5, 0.6) is 0 Å². The Hall–Kier alpha value is -2.31. The van der Waals surface area contributed by atoms with Crippen LogP contribution < -0.4 is 11.1 Å². The second-order valence-corrected chi connectivity index (χ2v) is 4.62. The van der Waals surface area contributed by atoms with Gasteiger partial charge in [-0.15, -0.1) is 0 Å². The summed E-state index contributed by atoms with van der Waals surface area (Å²) in [6, 6.07) is 1.20. The van der Waals surface area contributed by atoms with E-state index >= 15 is 0 Å². The topological polar surface area (TPSA) is 97.5 Å². The lowest BCUT2D eigenvalue weighted by Gasteiger charge is -2.14. The molecule has 0 saturated carbocycles. The normalized spacial score (nSPS) is 18.2. The average molecular weight is 278 g/mol. The van der Waals surface area contributed by atoms with Crippen molar-refractivity contribution in [2.75, 3.05) is 31.2 Å². The van der Waals surface area contributed by atoms with E-state index in [1.165, 1.54) is 12.3 Å². The third-order valence-corrected chi connectivity index (χ3v) is 3.18. The van der Waals surface area contributed by atoms with Gasteiger partial charge in [-0.05, 0) is 19.4 Å². The molecule has 7 heteroatoms. The van der Waals surface area contributed by atoms with E-state index in [-0.39, 0.29) is 29.8 Å². The average Bonchev–Trinajstić information content (AvgIpc) is 2.73. The molecule has 1 fully saturated rings. The van der Waals surface area contributed by atoms with Crippen molar-refractivity contribution in [1.29, 1.82) is 0 Å². The number of amides is 1. The standard InChI is InChI=1S/C13H18N4O3/c1-3-20-13(19)8-6-11(15-7-9(8)14)16-10-4-5-17(2)12(10)18/h6-7,10H,3-5,14H2,1-2H3,(H,15,16). The number of carbonyl (C=O) groups is 2. The van der Waals surface area contributed by atoms with Crippen molar-refractivity contribution in [2.24, 2.45) is 0 Å². The van der Waals surface area contributed by atoms with Crippen molar-refractivity contribution in [3.05, 3.63) is 17.8 Å². The van der Waals surface area contributed by atoms with Gasteiger partial charge in [-0.25, -0.2) is 9.78 Å². The van der Waals surface area contributed by atoms with E-state index in [0.29, 0.717) is 18.8 Å². The van der Waals surface area contributed by atoms with Gasteiger partial charge in [0.15, 0.2) is 0 Å². The van der Waals surface area contributed by atoms with Crippen LogP contribution in [0.1, 0.15) is 23.7 Å². The van der Waals surface area contributed by atoms with Gasteiger partial charge in [-0.1, -0.05) is 0 Å². The van der Waals surface area contributed by atoms with Crippen LogP contribution in [0.3, 0.4) is 0 Å². The van der Waals surface area contributed by atoms with Gasteiger partial charge >= 0.3 is 5.97 Å². The highest BCUT2D eigenvalue weighted by atomic mass is 16.5. The van der Waals surface area contributed by atoms with Crippen LogP contribution in [0.4, 0.5) is 11.5 Å². The van der Waals surface area contributed by atoms with E-state index in [9.17, 15) is 9.59 Å². The molecule has 0 aliphatic carbocycles. The van der Waals surface area contributed by atoms with Crippen molar-refractivity contribution in [2.45, 2.75) is 19.4 Å². The smallest absolute Gasteiger partial charge is 0.340 e. The van der Waals surface area contributed by atoms with Crippen LogP contribution in [-0.4, -0.2) is 48.0 Å². The first-order chi connectivity index (χ1) is 9.52. The number of hydrogen-bond acceptors (Lipinski definition) is 6. The number of pyridine rings is 1. The Morgan fingerprint density at radius 3 is 3.00 bits per heavy atom. The molecule has 1 aliphatic heterocycles. The number of esters is 1. The van der Waals surface area contributed by atoms with Crippen molar-refractivity contribution >= 4 is 23.4 Å². The number of ether oxygens (including phenoxy) is 1. The summed E-state index contributed by atoms with van der Waals surface area (Å²) in [4.78, 5) is 29.3. The van der Waals surface area contributed by atoms with Gasteiger partial charge in [0.25, 0.3) is 0 Å². The van der Waals surface area contributed by atoms with Crippen LogP contribution in [0.2, 0.25) is 0 Å².